The second kappa shape index (κ2) is 7.08. The minimum absolute atomic E-state index is 0.0135. The van der Waals surface area contributed by atoms with E-state index in [0.29, 0.717) is 5.75 Å². The third kappa shape index (κ3) is 3.36. The molecule has 0 aliphatic rings. The van der Waals surface area contributed by atoms with Crippen LogP contribution in [0.2, 0.25) is 0 Å². The summed E-state index contributed by atoms with van der Waals surface area (Å²) in [7, 11) is 0. The number of nitrogen functional groups attached to an aromatic ring is 1. The topological polar surface area (TPSA) is 46.2 Å². The van der Waals surface area contributed by atoms with Crippen LogP contribution >= 0.6 is 0 Å². The summed E-state index contributed by atoms with van der Waals surface area (Å²) < 4.78 is 0. The second-order valence-electron chi connectivity index (χ2n) is 6.65. The Hall–Kier alpha value is -1.96. The molecule has 23 heavy (non-hydrogen) atoms. The van der Waals surface area contributed by atoms with Gasteiger partial charge in [-0.1, -0.05) is 51.0 Å². The summed E-state index contributed by atoms with van der Waals surface area (Å²) in [6.45, 7) is 8.52. The van der Waals surface area contributed by atoms with Crippen LogP contribution in [0.1, 0.15) is 61.8 Å². The van der Waals surface area contributed by atoms with E-state index in [4.69, 9.17) is 5.73 Å². The summed E-state index contributed by atoms with van der Waals surface area (Å²) in [5.74, 6) is 0.365. The van der Waals surface area contributed by atoms with E-state index in [-0.39, 0.29) is 5.41 Å². The average molecular weight is 311 g/mol. The van der Waals surface area contributed by atoms with Gasteiger partial charge in [0.2, 0.25) is 0 Å². The first kappa shape index (κ1) is 17.4. The fourth-order valence-corrected chi connectivity index (χ4v) is 3.65. The lowest BCUT2D eigenvalue weighted by Gasteiger charge is -2.36. The number of nitrogens with two attached hydrogens (primary N) is 1. The first-order valence-corrected chi connectivity index (χ1v) is 8.61. The SMILES string of the molecule is CCCC(CCC)(c1ccc(N)c(C)c1)c1ccc(O)c(C)c1. The first-order valence-electron chi connectivity index (χ1n) is 8.61. The van der Waals surface area contributed by atoms with E-state index in [1.54, 1.807) is 0 Å². The molecule has 0 saturated heterocycles. The van der Waals surface area contributed by atoms with E-state index >= 15 is 0 Å². The molecule has 2 aromatic rings. The molecular formula is C21H29NO. The van der Waals surface area contributed by atoms with Gasteiger partial charge in [-0.05, 0) is 61.1 Å². The van der Waals surface area contributed by atoms with Crippen molar-refractivity contribution >= 4 is 5.69 Å². The van der Waals surface area contributed by atoms with Gasteiger partial charge >= 0.3 is 0 Å². The Bertz CT molecular complexity index is 616. The predicted octanol–water partition coefficient (Wildman–Crippen LogP) is 5.48. The molecule has 0 radical (unpaired) electrons. The maximum Gasteiger partial charge on any atom is 0.118 e. The Balaban J connectivity index is 2.66. The van der Waals surface area contributed by atoms with Crippen molar-refractivity contribution in [2.24, 2.45) is 0 Å². The normalized spacial score (nSPS) is 11.7. The molecule has 0 saturated carbocycles. The lowest BCUT2D eigenvalue weighted by atomic mass is 9.68. The standard InChI is InChI=1S/C21H29NO/c1-5-11-21(12-6-2,17-7-9-19(22)15(3)13-17)18-8-10-20(23)16(4)14-18/h7-10,13-14,23H,5-6,11-12,22H2,1-4H3. The van der Waals surface area contributed by atoms with Crippen LogP contribution < -0.4 is 5.73 Å². The number of anilines is 1. The second-order valence-corrected chi connectivity index (χ2v) is 6.65. The molecule has 0 unspecified atom stereocenters. The lowest BCUT2D eigenvalue weighted by Crippen LogP contribution is -2.28. The molecule has 0 aromatic heterocycles. The van der Waals surface area contributed by atoms with E-state index in [0.717, 1.165) is 42.5 Å². The minimum atomic E-state index is -0.0135. The highest BCUT2D eigenvalue weighted by Crippen LogP contribution is 2.42. The van der Waals surface area contributed by atoms with Crippen LogP contribution in [0.3, 0.4) is 0 Å². The number of hydrogen-bond acceptors (Lipinski definition) is 2. The van der Waals surface area contributed by atoms with Gasteiger partial charge in [0, 0.05) is 11.1 Å². The third-order valence-electron chi connectivity index (χ3n) is 4.93. The molecule has 2 heteroatoms. The fraction of sp³-hybridized carbons (Fsp3) is 0.429. The van der Waals surface area contributed by atoms with E-state index in [1.165, 1.54) is 11.1 Å². The molecule has 0 amide bonds. The zero-order valence-corrected chi connectivity index (χ0v) is 14.8. The maximum atomic E-state index is 9.90. The number of phenols is 1. The van der Waals surface area contributed by atoms with E-state index in [1.807, 2.05) is 19.1 Å². The van der Waals surface area contributed by atoms with Crippen molar-refractivity contribution < 1.29 is 5.11 Å². The van der Waals surface area contributed by atoms with Gasteiger partial charge in [0.1, 0.15) is 5.75 Å². The molecule has 2 rings (SSSR count). The van der Waals surface area contributed by atoms with Crippen molar-refractivity contribution in [3.63, 3.8) is 0 Å². The average Bonchev–Trinajstić information content (AvgIpc) is 2.52. The van der Waals surface area contributed by atoms with E-state index in [9.17, 15) is 5.11 Å². The molecule has 2 aromatic carbocycles. The Labute approximate surface area is 140 Å². The highest BCUT2D eigenvalue weighted by atomic mass is 16.3. The number of hydrogen-bond donors (Lipinski definition) is 2. The summed E-state index contributed by atoms with van der Waals surface area (Å²) in [5, 5.41) is 9.90. The molecular weight excluding hydrogens is 282 g/mol. The smallest absolute Gasteiger partial charge is 0.118 e. The van der Waals surface area contributed by atoms with Gasteiger partial charge in [-0.2, -0.15) is 0 Å². The van der Waals surface area contributed by atoms with Crippen molar-refractivity contribution in [2.45, 2.75) is 58.8 Å². The molecule has 0 aliphatic carbocycles. The van der Waals surface area contributed by atoms with Crippen LogP contribution in [-0.2, 0) is 5.41 Å². The van der Waals surface area contributed by atoms with Crippen LogP contribution in [0.25, 0.3) is 0 Å². The summed E-state index contributed by atoms with van der Waals surface area (Å²) in [6.07, 6.45) is 4.41. The van der Waals surface area contributed by atoms with Gasteiger partial charge in [-0.3, -0.25) is 0 Å². The van der Waals surface area contributed by atoms with Gasteiger partial charge < -0.3 is 10.8 Å². The maximum absolute atomic E-state index is 9.90. The number of benzene rings is 2. The molecule has 0 atom stereocenters. The number of aromatic hydroxyl groups is 1. The van der Waals surface area contributed by atoms with Crippen LogP contribution in [0.4, 0.5) is 5.69 Å². The van der Waals surface area contributed by atoms with Crippen molar-refractivity contribution in [3.8, 4) is 5.75 Å². The Morgan fingerprint density at radius 1 is 0.870 bits per heavy atom. The van der Waals surface area contributed by atoms with Crippen LogP contribution in [-0.4, -0.2) is 5.11 Å². The first-order chi connectivity index (χ1) is 10.9. The Kier molecular flexibility index (Phi) is 5.35. The fourth-order valence-electron chi connectivity index (χ4n) is 3.65. The summed E-state index contributed by atoms with van der Waals surface area (Å²) >= 11 is 0. The van der Waals surface area contributed by atoms with Gasteiger partial charge in [-0.15, -0.1) is 0 Å². The Morgan fingerprint density at radius 2 is 1.39 bits per heavy atom. The zero-order valence-electron chi connectivity index (χ0n) is 14.8. The van der Waals surface area contributed by atoms with Crippen molar-refractivity contribution in [2.75, 3.05) is 5.73 Å². The van der Waals surface area contributed by atoms with Crippen molar-refractivity contribution in [3.05, 3.63) is 58.7 Å². The summed E-state index contributed by atoms with van der Waals surface area (Å²) in [4.78, 5) is 0. The van der Waals surface area contributed by atoms with Crippen LogP contribution in [0.15, 0.2) is 36.4 Å². The third-order valence-corrected chi connectivity index (χ3v) is 4.93. The zero-order chi connectivity index (χ0) is 17.0. The van der Waals surface area contributed by atoms with Gasteiger partial charge in [0.05, 0.1) is 0 Å². The van der Waals surface area contributed by atoms with Crippen molar-refractivity contribution in [1.82, 2.24) is 0 Å². The number of phenolic OH excluding ortho intramolecular Hbond substituents is 1. The lowest BCUT2D eigenvalue weighted by molar-refractivity contribution is 0.423. The number of aryl methyl sites for hydroxylation is 2. The molecule has 124 valence electrons. The van der Waals surface area contributed by atoms with Crippen LogP contribution in [0, 0.1) is 13.8 Å². The molecule has 0 bridgehead atoms. The predicted molar refractivity (Wildman–Crippen MR) is 99.0 cm³/mol. The Morgan fingerprint density at radius 3 is 1.87 bits per heavy atom. The summed E-state index contributed by atoms with van der Waals surface area (Å²) in [5.41, 5.74) is 11.6. The molecule has 0 heterocycles. The number of rotatable bonds is 6. The highest BCUT2D eigenvalue weighted by Gasteiger charge is 2.33. The van der Waals surface area contributed by atoms with Gasteiger partial charge in [0.25, 0.3) is 0 Å². The quantitative estimate of drug-likeness (QED) is 0.694. The van der Waals surface area contributed by atoms with Crippen LogP contribution in [0.5, 0.6) is 5.75 Å². The van der Waals surface area contributed by atoms with Crippen molar-refractivity contribution in [1.29, 1.82) is 0 Å². The molecule has 0 spiro atoms. The monoisotopic (exact) mass is 311 g/mol. The van der Waals surface area contributed by atoms with E-state index in [2.05, 4.69) is 45.0 Å². The van der Waals surface area contributed by atoms with E-state index < -0.39 is 0 Å². The molecule has 3 N–H and O–H groups in total. The van der Waals surface area contributed by atoms with Gasteiger partial charge in [0.15, 0.2) is 0 Å². The molecule has 0 aliphatic heterocycles. The molecule has 2 nitrogen and oxygen atoms in total. The molecule has 0 fully saturated rings. The largest absolute Gasteiger partial charge is 0.508 e. The minimum Gasteiger partial charge on any atom is -0.508 e. The summed E-state index contributed by atoms with van der Waals surface area (Å²) in [6, 6.07) is 12.5. The van der Waals surface area contributed by atoms with Gasteiger partial charge in [-0.25, -0.2) is 0 Å². The highest BCUT2D eigenvalue weighted by molar-refractivity contribution is 5.52.